The third-order valence-corrected chi connectivity index (χ3v) is 5.51. The Labute approximate surface area is 152 Å². The van der Waals surface area contributed by atoms with Crippen molar-refractivity contribution in [2.24, 2.45) is 11.7 Å². The van der Waals surface area contributed by atoms with Crippen molar-refractivity contribution >= 4 is 34.6 Å². The van der Waals surface area contributed by atoms with Gasteiger partial charge < -0.3 is 16.4 Å². The van der Waals surface area contributed by atoms with E-state index in [1.54, 1.807) is 6.07 Å². The van der Waals surface area contributed by atoms with Crippen molar-refractivity contribution in [2.45, 2.75) is 19.8 Å². The molecule has 2 aromatic rings. The van der Waals surface area contributed by atoms with Gasteiger partial charge in [0.2, 0.25) is 0 Å². The van der Waals surface area contributed by atoms with Crippen molar-refractivity contribution < 1.29 is 0 Å². The Morgan fingerprint density at radius 1 is 1.25 bits per heavy atom. The molecular weight excluding hydrogens is 343 g/mol. The summed E-state index contributed by atoms with van der Waals surface area (Å²) < 4.78 is 0. The molecule has 1 aromatic heterocycles. The molecule has 1 aliphatic heterocycles. The fraction of sp³-hybridized carbons (Fsp3) is 0.389. The minimum Gasteiger partial charge on any atom is -0.397 e. The van der Waals surface area contributed by atoms with Gasteiger partial charge in [0.25, 0.3) is 0 Å². The van der Waals surface area contributed by atoms with E-state index in [0.717, 1.165) is 60.8 Å². The van der Waals surface area contributed by atoms with Crippen molar-refractivity contribution in [1.29, 1.82) is 0 Å². The zero-order chi connectivity index (χ0) is 17.3. The van der Waals surface area contributed by atoms with Crippen LogP contribution in [0, 0.1) is 12.8 Å². The maximum atomic E-state index is 6.36. The highest BCUT2D eigenvalue weighted by Crippen LogP contribution is 2.37. The number of hydrogen-bond acceptors (Lipinski definition) is 4. The predicted molar refractivity (Wildman–Crippen MR) is 103 cm³/mol. The molecule has 3 rings (SSSR count). The smallest absolute Gasteiger partial charge is 0.0816 e. The van der Waals surface area contributed by atoms with Crippen LogP contribution in [0.15, 0.2) is 24.3 Å². The minimum atomic E-state index is 0.502. The summed E-state index contributed by atoms with van der Waals surface area (Å²) in [6.07, 6.45) is 2.19. The third-order valence-electron chi connectivity index (χ3n) is 4.69. The van der Waals surface area contributed by atoms with Gasteiger partial charge >= 0.3 is 0 Å². The van der Waals surface area contributed by atoms with E-state index in [1.807, 2.05) is 25.1 Å². The van der Waals surface area contributed by atoms with E-state index in [9.17, 15) is 0 Å². The molecule has 0 saturated carbocycles. The molecule has 128 valence electrons. The number of aromatic nitrogens is 1. The van der Waals surface area contributed by atoms with Gasteiger partial charge in [-0.25, -0.2) is 0 Å². The summed E-state index contributed by atoms with van der Waals surface area (Å²) in [5.74, 6) is 0.611. The van der Waals surface area contributed by atoms with Crippen molar-refractivity contribution in [3.05, 3.63) is 40.0 Å². The second kappa shape index (κ2) is 7.18. The van der Waals surface area contributed by atoms with Crippen LogP contribution < -0.4 is 16.4 Å². The Morgan fingerprint density at radius 2 is 1.96 bits per heavy atom. The lowest BCUT2D eigenvalue weighted by Gasteiger charge is -2.34. The van der Waals surface area contributed by atoms with Gasteiger partial charge in [0.15, 0.2) is 0 Å². The second-order valence-electron chi connectivity index (χ2n) is 6.30. The van der Waals surface area contributed by atoms with Crippen LogP contribution in [0.4, 0.5) is 11.4 Å². The van der Waals surface area contributed by atoms with Crippen molar-refractivity contribution in [1.82, 2.24) is 4.98 Å². The Hall–Kier alpha value is -1.49. The van der Waals surface area contributed by atoms with Gasteiger partial charge in [-0.2, -0.15) is 0 Å². The number of nitrogen functional groups attached to an aromatic ring is 1. The topological polar surface area (TPSA) is 68.2 Å². The number of anilines is 2. The fourth-order valence-electron chi connectivity index (χ4n) is 3.33. The standard InChI is InChI=1S/C18H22Cl2N4/c1-11-18(24-7-5-12(10-21)6-8-24)15(22)9-16(23-11)13-3-2-4-14(19)17(13)20/h2-4,9,12H,5-8,10,21H2,1H3,(H2,22,23). The number of halogens is 2. The van der Waals surface area contributed by atoms with E-state index in [2.05, 4.69) is 4.90 Å². The number of rotatable bonds is 3. The molecule has 24 heavy (non-hydrogen) atoms. The molecule has 2 heterocycles. The van der Waals surface area contributed by atoms with Crippen molar-refractivity contribution in [3.63, 3.8) is 0 Å². The number of pyridine rings is 1. The molecule has 6 heteroatoms. The Kier molecular flexibility index (Phi) is 5.18. The van der Waals surface area contributed by atoms with E-state index in [1.165, 1.54) is 0 Å². The number of aryl methyl sites for hydroxylation is 1. The maximum absolute atomic E-state index is 6.36. The first-order valence-corrected chi connectivity index (χ1v) is 8.93. The summed E-state index contributed by atoms with van der Waals surface area (Å²) in [6, 6.07) is 7.42. The zero-order valence-corrected chi connectivity index (χ0v) is 15.2. The van der Waals surface area contributed by atoms with Crippen LogP contribution in [0.25, 0.3) is 11.3 Å². The Bertz CT molecular complexity index is 717. The summed E-state index contributed by atoms with van der Waals surface area (Å²) in [5.41, 5.74) is 16.3. The lowest BCUT2D eigenvalue weighted by atomic mass is 9.96. The predicted octanol–water partition coefficient (Wildman–Crippen LogP) is 4.12. The van der Waals surface area contributed by atoms with Gasteiger partial charge in [0.05, 0.1) is 32.8 Å². The average molecular weight is 365 g/mol. The first kappa shape index (κ1) is 17.3. The first-order valence-electron chi connectivity index (χ1n) is 8.17. The van der Waals surface area contributed by atoms with E-state index in [4.69, 9.17) is 39.7 Å². The molecule has 1 saturated heterocycles. The van der Waals surface area contributed by atoms with Crippen LogP contribution >= 0.6 is 23.2 Å². The number of hydrogen-bond donors (Lipinski definition) is 2. The number of benzene rings is 1. The summed E-state index contributed by atoms with van der Waals surface area (Å²) >= 11 is 12.4. The van der Waals surface area contributed by atoms with Gasteiger partial charge in [-0.3, -0.25) is 4.98 Å². The highest BCUT2D eigenvalue weighted by molar-refractivity contribution is 6.43. The van der Waals surface area contributed by atoms with E-state index in [0.29, 0.717) is 16.0 Å². The largest absolute Gasteiger partial charge is 0.397 e. The van der Waals surface area contributed by atoms with E-state index < -0.39 is 0 Å². The molecule has 0 aliphatic carbocycles. The Balaban J connectivity index is 1.94. The number of nitrogens with two attached hydrogens (primary N) is 2. The van der Waals surface area contributed by atoms with Gasteiger partial charge in [0.1, 0.15) is 0 Å². The van der Waals surface area contributed by atoms with E-state index >= 15 is 0 Å². The summed E-state index contributed by atoms with van der Waals surface area (Å²) in [7, 11) is 0. The molecule has 1 aliphatic rings. The van der Waals surface area contributed by atoms with Crippen LogP contribution in [0.5, 0.6) is 0 Å². The molecule has 0 radical (unpaired) electrons. The van der Waals surface area contributed by atoms with Gasteiger partial charge in [-0.15, -0.1) is 0 Å². The lowest BCUT2D eigenvalue weighted by Crippen LogP contribution is -2.37. The normalized spacial score (nSPS) is 15.8. The van der Waals surface area contributed by atoms with Crippen LogP contribution in [-0.2, 0) is 0 Å². The highest BCUT2D eigenvalue weighted by Gasteiger charge is 2.22. The summed E-state index contributed by atoms with van der Waals surface area (Å²) in [4.78, 5) is 7.04. The highest BCUT2D eigenvalue weighted by atomic mass is 35.5. The molecule has 0 bridgehead atoms. The fourth-order valence-corrected chi connectivity index (χ4v) is 3.73. The zero-order valence-electron chi connectivity index (χ0n) is 13.7. The Morgan fingerprint density at radius 3 is 2.58 bits per heavy atom. The number of nitrogens with zero attached hydrogens (tertiary/aromatic N) is 2. The van der Waals surface area contributed by atoms with Crippen LogP contribution in [0.2, 0.25) is 10.0 Å². The van der Waals surface area contributed by atoms with Crippen LogP contribution in [0.1, 0.15) is 18.5 Å². The van der Waals surface area contributed by atoms with E-state index in [-0.39, 0.29) is 0 Å². The third kappa shape index (κ3) is 3.32. The van der Waals surface area contributed by atoms with Crippen molar-refractivity contribution in [3.8, 4) is 11.3 Å². The first-order chi connectivity index (χ1) is 11.5. The molecule has 4 nitrogen and oxygen atoms in total. The van der Waals surface area contributed by atoms with Gasteiger partial charge in [-0.05, 0) is 44.4 Å². The van der Waals surface area contributed by atoms with Gasteiger partial charge in [0, 0.05) is 18.7 Å². The average Bonchev–Trinajstić information content (AvgIpc) is 2.57. The molecule has 4 N–H and O–H groups in total. The molecule has 1 fully saturated rings. The monoisotopic (exact) mass is 364 g/mol. The maximum Gasteiger partial charge on any atom is 0.0816 e. The number of piperidine rings is 1. The van der Waals surface area contributed by atoms with Crippen LogP contribution in [0.3, 0.4) is 0 Å². The summed E-state index contributed by atoms with van der Waals surface area (Å²) in [6.45, 7) is 4.67. The van der Waals surface area contributed by atoms with Gasteiger partial charge in [-0.1, -0.05) is 35.3 Å². The van der Waals surface area contributed by atoms with Crippen molar-refractivity contribution in [2.75, 3.05) is 30.3 Å². The molecule has 1 aromatic carbocycles. The molecule has 0 amide bonds. The lowest BCUT2D eigenvalue weighted by molar-refractivity contribution is 0.414. The molecule has 0 spiro atoms. The SMILES string of the molecule is Cc1nc(-c2cccc(Cl)c2Cl)cc(N)c1N1CCC(CN)CC1. The molecule has 0 unspecified atom stereocenters. The quantitative estimate of drug-likeness (QED) is 0.859. The minimum absolute atomic E-state index is 0.502. The van der Waals surface area contributed by atoms with Crippen LogP contribution in [-0.4, -0.2) is 24.6 Å². The summed E-state index contributed by atoms with van der Waals surface area (Å²) in [5, 5.41) is 1.02. The molecular formula is C18H22Cl2N4. The second-order valence-corrected chi connectivity index (χ2v) is 7.08. The molecule has 0 atom stereocenters.